The van der Waals surface area contributed by atoms with Gasteiger partial charge in [-0.3, -0.25) is 4.79 Å². The van der Waals surface area contributed by atoms with Gasteiger partial charge in [-0.15, -0.1) is 0 Å². The molecule has 1 atom stereocenters. The first-order valence-electron chi connectivity index (χ1n) is 9.83. The van der Waals surface area contributed by atoms with Gasteiger partial charge in [0.25, 0.3) is 0 Å². The minimum Gasteiger partial charge on any atom is -0.377 e. The lowest BCUT2D eigenvalue weighted by Gasteiger charge is -2.36. The van der Waals surface area contributed by atoms with Crippen molar-refractivity contribution in [2.24, 2.45) is 0 Å². The van der Waals surface area contributed by atoms with Crippen molar-refractivity contribution in [1.82, 2.24) is 0 Å². The Morgan fingerprint density at radius 1 is 0.786 bits per heavy atom. The van der Waals surface area contributed by atoms with E-state index in [0.29, 0.717) is 5.92 Å². The molecule has 1 aliphatic carbocycles. The second-order valence-electron chi connectivity index (χ2n) is 7.63. The van der Waals surface area contributed by atoms with E-state index in [-0.39, 0.29) is 11.8 Å². The predicted octanol–water partition coefficient (Wildman–Crippen LogP) is 5.72. The van der Waals surface area contributed by atoms with Crippen LogP contribution in [0.4, 0.5) is 5.69 Å². The lowest BCUT2D eigenvalue weighted by Crippen LogP contribution is -2.46. The molecule has 0 unspecified atom stereocenters. The lowest BCUT2D eigenvalue weighted by molar-refractivity contribution is -0.117. The molecule has 0 fully saturated rings. The van der Waals surface area contributed by atoms with Crippen LogP contribution in [-0.2, 0) is 10.2 Å². The molecule has 0 heterocycles. The smallest absolute Gasteiger partial charge is 0.172 e. The summed E-state index contributed by atoms with van der Waals surface area (Å²) in [5.74, 6) is 0.511. The monoisotopic (exact) mass is 367 g/mol. The van der Waals surface area contributed by atoms with E-state index in [1.807, 2.05) is 48.5 Å². The van der Waals surface area contributed by atoms with Crippen LogP contribution in [0.3, 0.4) is 0 Å². The van der Waals surface area contributed by atoms with Crippen LogP contribution in [0.1, 0.15) is 36.5 Å². The fraction of sp³-hybridized carbons (Fsp3) is 0.192. The molecule has 0 aliphatic heterocycles. The number of ketones is 1. The van der Waals surface area contributed by atoms with Crippen LogP contribution in [0.25, 0.3) is 0 Å². The van der Waals surface area contributed by atoms with E-state index in [2.05, 4.69) is 61.6 Å². The largest absolute Gasteiger partial charge is 0.377 e. The molecule has 0 aromatic heterocycles. The highest BCUT2D eigenvalue weighted by Crippen LogP contribution is 2.43. The maximum atomic E-state index is 13.4. The van der Waals surface area contributed by atoms with Crippen LogP contribution < -0.4 is 5.32 Å². The number of hydrogen-bond donors (Lipinski definition) is 1. The van der Waals surface area contributed by atoms with Crippen molar-refractivity contribution in [1.29, 1.82) is 0 Å². The van der Waals surface area contributed by atoms with Gasteiger partial charge >= 0.3 is 0 Å². The Kier molecular flexibility index (Phi) is 4.87. The summed E-state index contributed by atoms with van der Waals surface area (Å²) in [6.07, 6.45) is 3.75. The molecule has 0 spiro atoms. The van der Waals surface area contributed by atoms with E-state index in [1.165, 1.54) is 5.56 Å². The highest BCUT2D eigenvalue weighted by molar-refractivity contribution is 6.06. The number of rotatable bonds is 5. The third kappa shape index (κ3) is 2.95. The summed E-state index contributed by atoms with van der Waals surface area (Å²) in [6, 6.07) is 28.4. The van der Waals surface area contributed by atoms with Gasteiger partial charge in [-0.25, -0.2) is 0 Å². The third-order valence-electron chi connectivity index (χ3n) is 5.65. The molecule has 0 saturated carbocycles. The zero-order chi connectivity index (χ0) is 19.6. The zero-order valence-electron chi connectivity index (χ0n) is 16.3. The first kappa shape index (κ1) is 18.2. The second-order valence-corrected chi connectivity index (χ2v) is 7.63. The van der Waals surface area contributed by atoms with Gasteiger partial charge in [0.05, 0.1) is 6.04 Å². The first-order chi connectivity index (χ1) is 13.6. The Morgan fingerprint density at radius 2 is 1.32 bits per heavy atom. The van der Waals surface area contributed by atoms with Crippen LogP contribution in [-0.4, -0.2) is 11.8 Å². The fourth-order valence-electron chi connectivity index (χ4n) is 4.28. The highest BCUT2D eigenvalue weighted by atomic mass is 16.1. The van der Waals surface area contributed by atoms with Crippen molar-refractivity contribution in [2.75, 3.05) is 5.32 Å². The molecule has 0 amide bonds. The number of carbonyl (C=O) groups is 1. The van der Waals surface area contributed by atoms with Crippen LogP contribution in [0.5, 0.6) is 0 Å². The normalized spacial score (nSPS) is 17.8. The maximum absolute atomic E-state index is 13.4. The molecule has 1 aliphatic rings. The molecule has 0 radical (unpaired) electrons. The summed E-state index contributed by atoms with van der Waals surface area (Å²) in [7, 11) is 0. The fourth-order valence-corrected chi connectivity index (χ4v) is 4.28. The van der Waals surface area contributed by atoms with E-state index in [1.54, 1.807) is 6.08 Å². The van der Waals surface area contributed by atoms with Crippen molar-refractivity contribution in [2.45, 2.75) is 31.2 Å². The summed E-state index contributed by atoms with van der Waals surface area (Å²) in [5, 5.41) is 3.70. The molecule has 0 saturated heterocycles. The van der Waals surface area contributed by atoms with Gasteiger partial charge < -0.3 is 5.32 Å². The Morgan fingerprint density at radius 3 is 1.89 bits per heavy atom. The minimum absolute atomic E-state index is 0.115. The summed E-state index contributed by atoms with van der Waals surface area (Å²) in [6.45, 7) is 4.38. The number of carbonyl (C=O) groups excluding carboxylic acids is 1. The van der Waals surface area contributed by atoms with Gasteiger partial charge in [0.15, 0.2) is 5.78 Å². The second kappa shape index (κ2) is 7.47. The molecule has 140 valence electrons. The van der Waals surface area contributed by atoms with Crippen LogP contribution in [0.2, 0.25) is 0 Å². The standard InChI is InChI=1S/C26H25NO/c1-19(2)22-15-9-10-16-23(22)27-24-17-18-25(28)26(24,20-11-5-3-6-12-20)21-13-7-4-8-14-21/h3-19,24,27H,1-2H3/t24-/m1/s1. The van der Waals surface area contributed by atoms with E-state index < -0.39 is 5.41 Å². The van der Waals surface area contributed by atoms with Crippen molar-refractivity contribution < 1.29 is 4.79 Å². The molecular formula is C26H25NO. The first-order valence-corrected chi connectivity index (χ1v) is 9.83. The quantitative estimate of drug-likeness (QED) is 0.625. The maximum Gasteiger partial charge on any atom is 0.172 e. The SMILES string of the molecule is CC(C)c1ccccc1N[C@@H]1C=CC(=O)C1(c1ccccc1)c1ccccc1. The highest BCUT2D eigenvalue weighted by Gasteiger charge is 2.49. The van der Waals surface area contributed by atoms with Crippen molar-refractivity contribution >= 4 is 11.5 Å². The van der Waals surface area contributed by atoms with E-state index in [4.69, 9.17) is 0 Å². The molecule has 2 nitrogen and oxygen atoms in total. The van der Waals surface area contributed by atoms with Crippen LogP contribution in [0.15, 0.2) is 97.1 Å². The Bertz CT molecular complexity index is 950. The van der Waals surface area contributed by atoms with Gasteiger partial charge in [0.1, 0.15) is 5.41 Å². The van der Waals surface area contributed by atoms with Gasteiger partial charge in [0, 0.05) is 5.69 Å². The van der Waals surface area contributed by atoms with Crippen LogP contribution in [0, 0.1) is 0 Å². The van der Waals surface area contributed by atoms with Gasteiger partial charge in [-0.1, -0.05) is 98.8 Å². The number of nitrogens with one attached hydrogen (secondary N) is 1. The summed E-state index contributed by atoms with van der Waals surface area (Å²) >= 11 is 0. The molecular weight excluding hydrogens is 342 g/mol. The molecule has 4 rings (SSSR count). The number of hydrogen-bond acceptors (Lipinski definition) is 2. The van der Waals surface area contributed by atoms with E-state index in [0.717, 1.165) is 16.8 Å². The average molecular weight is 367 g/mol. The predicted molar refractivity (Wildman–Crippen MR) is 116 cm³/mol. The van der Waals surface area contributed by atoms with E-state index in [9.17, 15) is 4.79 Å². The number of allylic oxidation sites excluding steroid dienone is 1. The Balaban J connectivity index is 1.87. The van der Waals surface area contributed by atoms with Crippen molar-refractivity contribution in [3.63, 3.8) is 0 Å². The number of anilines is 1. The Labute approximate surface area is 166 Å². The molecule has 1 N–H and O–H groups in total. The van der Waals surface area contributed by atoms with Crippen molar-refractivity contribution in [3.05, 3.63) is 114 Å². The summed E-state index contributed by atoms with van der Waals surface area (Å²) in [5.41, 5.74) is 3.59. The van der Waals surface area contributed by atoms with Crippen molar-refractivity contribution in [3.8, 4) is 0 Å². The summed E-state index contributed by atoms with van der Waals surface area (Å²) in [4.78, 5) is 13.4. The lowest BCUT2D eigenvalue weighted by atomic mass is 9.69. The molecule has 3 aromatic carbocycles. The molecule has 0 bridgehead atoms. The van der Waals surface area contributed by atoms with Gasteiger partial charge in [0.2, 0.25) is 0 Å². The molecule has 2 heteroatoms. The molecule has 28 heavy (non-hydrogen) atoms. The number of para-hydroxylation sites is 1. The molecule has 3 aromatic rings. The van der Waals surface area contributed by atoms with Gasteiger partial charge in [-0.2, -0.15) is 0 Å². The van der Waals surface area contributed by atoms with Crippen LogP contribution >= 0.6 is 0 Å². The summed E-state index contributed by atoms with van der Waals surface area (Å²) < 4.78 is 0. The topological polar surface area (TPSA) is 29.1 Å². The third-order valence-corrected chi connectivity index (χ3v) is 5.65. The number of benzene rings is 3. The Hall–Kier alpha value is -3.13. The minimum atomic E-state index is -0.771. The van der Waals surface area contributed by atoms with E-state index >= 15 is 0 Å². The van der Waals surface area contributed by atoms with Gasteiger partial charge in [-0.05, 0) is 34.8 Å². The average Bonchev–Trinajstić information content (AvgIpc) is 3.06. The zero-order valence-corrected chi connectivity index (χ0v) is 16.3.